The number of amides is 1. The molecular weight excluding hydrogens is 388 g/mol. The molecule has 8 heteroatoms. The first-order chi connectivity index (χ1) is 12.2. The van der Waals surface area contributed by atoms with Crippen molar-refractivity contribution in [2.75, 3.05) is 20.0 Å². The van der Waals surface area contributed by atoms with Crippen LogP contribution in [0.3, 0.4) is 0 Å². The molecule has 0 aliphatic carbocycles. The third-order valence-electron chi connectivity index (χ3n) is 4.00. The molecule has 0 bridgehead atoms. The van der Waals surface area contributed by atoms with Crippen LogP contribution in [0, 0.1) is 6.92 Å². The molecule has 2 rings (SSSR count). The van der Waals surface area contributed by atoms with E-state index in [1.54, 1.807) is 18.2 Å². The lowest BCUT2D eigenvalue weighted by Gasteiger charge is -2.22. The predicted molar refractivity (Wildman–Crippen MR) is 108 cm³/mol. The molecule has 0 fully saturated rings. The molecule has 0 aromatic heterocycles. The molecule has 27 heavy (non-hydrogen) atoms. The van der Waals surface area contributed by atoms with Crippen molar-refractivity contribution in [3.05, 3.63) is 65.2 Å². The average Bonchev–Trinajstić information content (AvgIpc) is 2.60. The van der Waals surface area contributed by atoms with Gasteiger partial charge in [0, 0.05) is 13.4 Å². The Balaban J connectivity index is 0.00000364. The molecule has 0 saturated carbocycles. The van der Waals surface area contributed by atoms with Gasteiger partial charge >= 0.3 is 0 Å². The van der Waals surface area contributed by atoms with E-state index in [1.807, 2.05) is 31.2 Å². The van der Waals surface area contributed by atoms with E-state index in [-0.39, 0.29) is 29.8 Å². The summed E-state index contributed by atoms with van der Waals surface area (Å²) in [7, 11) is -1.89. The van der Waals surface area contributed by atoms with Crippen LogP contribution in [0.2, 0.25) is 0 Å². The van der Waals surface area contributed by atoms with Gasteiger partial charge in [-0.15, -0.1) is 12.4 Å². The maximum absolute atomic E-state index is 12.4. The number of benzene rings is 2. The summed E-state index contributed by atoms with van der Waals surface area (Å²) >= 11 is 0. The van der Waals surface area contributed by atoms with Crippen molar-refractivity contribution in [2.45, 2.75) is 23.9 Å². The van der Waals surface area contributed by atoms with E-state index < -0.39 is 21.9 Å². The fourth-order valence-corrected chi connectivity index (χ4v) is 3.22. The van der Waals surface area contributed by atoms with Crippen molar-refractivity contribution in [3.8, 4) is 0 Å². The van der Waals surface area contributed by atoms with Crippen LogP contribution >= 0.6 is 12.4 Å². The molecule has 0 spiro atoms. The SMILES string of the molecule is COCC(N)C(=O)NC(c1ccc(C)cc1)c1cccc(S(C)(=O)=O)c1.Cl. The molecule has 1 amide bonds. The zero-order valence-electron chi connectivity index (χ0n) is 15.5. The number of hydrogen-bond donors (Lipinski definition) is 2. The van der Waals surface area contributed by atoms with Gasteiger partial charge in [0.1, 0.15) is 6.04 Å². The number of nitrogens with one attached hydrogen (secondary N) is 1. The molecular formula is C19H25ClN2O4S. The van der Waals surface area contributed by atoms with Gasteiger partial charge < -0.3 is 15.8 Å². The highest BCUT2D eigenvalue weighted by Gasteiger charge is 2.22. The average molecular weight is 413 g/mol. The zero-order valence-corrected chi connectivity index (χ0v) is 17.1. The van der Waals surface area contributed by atoms with Gasteiger partial charge in [0.05, 0.1) is 17.5 Å². The molecule has 2 aromatic carbocycles. The molecule has 0 saturated heterocycles. The van der Waals surface area contributed by atoms with E-state index >= 15 is 0 Å². The Bertz CT molecular complexity index is 870. The maximum atomic E-state index is 12.4. The van der Waals surface area contributed by atoms with Gasteiger partial charge in [-0.25, -0.2) is 8.42 Å². The van der Waals surface area contributed by atoms with Crippen molar-refractivity contribution in [3.63, 3.8) is 0 Å². The Morgan fingerprint density at radius 2 is 1.78 bits per heavy atom. The number of rotatable bonds is 7. The minimum Gasteiger partial charge on any atom is -0.383 e. The van der Waals surface area contributed by atoms with Gasteiger partial charge in [-0.1, -0.05) is 42.0 Å². The number of carbonyl (C=O) groups is 1. The van der Waals surface area contributed by atoms with Gasteiger partial charge in [-0.05, 0) is 30.2 Å². The first-order valence-corrected chi connectivity index (χ1v) is 10.0. The largest absolute Gasteiger partial charge is 0.383 e. The van der Waals surface area contributed by atoms with E-state index in [2.05, 4.69) is 5.32 Å². The molecule has 6 nitrogen and oxygen atoms in total. The number of methoxy groups -OCH3 is 1. The summed E-state index contributed by atoms with van der Waals surface area (Å²) in [5.74, 6) is -0.373. The maximum Gasteiger partial charge on any atom is 0.240 e. The Labute approximate surface area is 166 Å². The Hall–Kier alpha value is -1.93. The molecule has 2 atom stereocenters. The van der Waals surface area contributed by atoms with Gasteiger partial charge in [0.15, 0.2) is 9.84 Å². The van der Waals surface area contributed by atoms with Crippen molar-refractivity contribution in [1.82, 2.24) is 5.32 Å². The van der Waals surface area contributed by atoms with Crippen LogP contribution in [0.25, 0.3) is 0 Å². The standard InChI is InChI=1S/C19H24N2O4S.ClH/c1-13-7-9-14(10-8-13)18(21-19(22)17(20)12-25-2)15-5-4-6-16(11-15)26(3,23)24;/h4-11,17-18H,12,20H2,1-3H3,(H,21,22);1H. The summed E-state index contributed by atoms with van der Waals surface area (Å²) in [6.07, 6.45) is 1.15. The highest BCUT2D eigenvalue weighted by molar-refractivity contribution is 7.90. The molecule has 0 radical (unpaired) electrons. The molecule has 0 aliphatic rings. The Morgan fingerprint density at radius 3 is 2.33 bits per heavy atom. The zero-order chi connectivity index (χ0) is 19.3. The lowest BCUT2D eigenvalue weighted by molar-refractivity contribution is -0.123. The van der Waals surface area contributed by atoms with Crippen LogP contribution in [-0.2, 0) is 19.4 Å². The van der Waals surface area contributed by atoms with Crippen LogP contribution in [-0.4, -0.2) is 40.3 Å². The lowest BCUT2D eigenvalue weighted by atomic mass is 9.97. The Morgan fingerprint density at radius 1 is 1.15 bits per heavy atom. The fraction of sp³-hybridized carbons (Fsp3) is 0.316. The van der Waals surface area contributed by atoms with Crippen molar-refractivity contribution in [1.29, 1.82) is 0 Å². The number of nitrogens with two attached hydrogens (primary N) is 1. The van der Waals surface area contributed by atoms with Gasteiger partial charge in [-0.2, -0.15) is 0 Å². The molecule has 3 N–H and O–H groups in total. The fourth-order valence-electron chi connectivity index (χ4n) is 2.55. The summed E-state index contributed by atoms with van der Waals surface area (Å²) in [6, 6.07) is 12.9. The van der Waals surface area contributed by atoms with Crippen LogP contribution in [0.15, 0.2) is 53.4 Å². The summed E-state index contributed by atoms with van der Waals surface area (Å²) in [4.78, 5) is 12.6. The summed E-state index contributed by atoms with van der Waals surface area (Å²) in [5, 5.41) is 2.89. The lowest BCUT2D eigenvalue weighted by Crippen LogP contribution is -2.45. The van der Waals surface area contributed by atoms with Crippen LogP contribution in [0.5, 0.6) is 0 Å². The number of aryl methyl sites for hydroxylation is 1. The monoisotopic (exact) mass is 412 g/mol. The van der Waals surface area contributed by atoms with Crippen molar-refractivity contribution in [2.24, 2.45) is 5.73 Å². The van der Waals surface area contributed by atoms with E-state index in [1.165, 1.54) is 13.2 Å². The van der Waals surface area contributed by atoms with E-state index in [4.69, 9.17) is 10.5 Å². The van der Waals surface area contributed by atoms with Crippen molar-refractivity contribution < 1.29 is 17.9 Å². The second kappa shape index (κ2) is 9.85. The number of sulfone groups is 1. The quantitative estimate of drug-likeness (QED) is 0.724. The minimum atomic E-state index is -3.36. The molecule has 2 aromatic rings. The predicted octanol–water partition coefficient (Wildman–Crippen LogP) is 2.00. The van der Waals surface area contributed by atoms with Crippen LogP contribution < -0.4 is 11.1 Å². The normalized spacial score (nSPS) is 13.3. The number of hydrogen-bond acceptors (Lipinski definition) is 5. The molecule has 0 heterocycles. The van der Waals surface area contributed by atoms with Crippen LogP contribution in [0.4, 0.5) is 0 Å². The van der Waals surface area contributed by atoms with Crippen LogP contribution in [0.1, 0.15) is 22.7 Å². The summed E-state index contributed by atoms with van der Waals surface area (Å²) in [5.41, 5.74) is 8.40. The number of carbonyl (C=O) groups excluding carboxylic acids is 1. The van der Waals surface area contributed by atoms with Crippen molar-refractivity contribution >= 4 is 28.2 Å². The molecule has 2 unspecified atom stereocenters. The first kappa shape index (κ1) is 23.1. The topological polar surface area (TPSA) is 98.5 Å². The highest BCUT2D eigenvalue weighted by Crippen LogP contribution is 2.25. The highest BCUT2D eigenvalue weighted by atomic mass is 35.5. The van der Waals surface area contributed by atoms with E-state index in [0.717, 1.165) is 17.4 Å². The van der Waals surface area contributed by atoms with E-state index in [9.17, 15) is 13.2 Å². The minimum absolute atomic E-state index is 0. The second-order valence-corrected chi connectivity index (χ2v) is 8.27. The van der Waals surface area contributed by atoms with Gasteiger partial charge in [0.2, 0.25) is 5.91 Å². The van der Waals surface area contributed by atoms with E-state index in [0.29, 0.717) is 5.56 Å². The first-order valence-electron chi connectivity index (χ1n) is 8.14. The summed E-state index contributed by atoms with van der Waals surface area (Å²) in [6.45, 7) is 2.06. The second-order valence-electron chi connectivity index (χ2n) is 6.26. The third kappa shape index (κ3) is 6.32. The van der Waals surface area contributed by atoms with Gasteiger partial charge in [0.25, 0.3) is 0 Å². The number of ether oxygens (including phenoxy) is 1. The van der Waals surface area contributed by atoms with Gasteiger partial charge in [-0.3, -0.25) is 4.79 Å². The summed E-state index contributed by atoms with van der Waals surface area (Å²) < 4.78 is 28.7. The number of halogens is 1. The Kier molecular flexibility index (Phi) is 8.43. The molecule has 148 valence electrons. The molecule has 0 aliphatic heterocycles. The third-order valence-corrected chi connectivity index (χ3v) is 5.11. The smallest absolute Gasteiger partial charge is 0.240 e.